The molecule has 8 heteroatoms. The van der Waals surface area contributed by atoms with Gasteiger partial charge in [0.25, 0.3) is 5.91 Å². The van der Waals surface area contributed by atoms with Crippen molar-refractivity contribution in [2.75, 3.05) is 5.32 Å². The van der Waals surface area contributed by atoms with E-state index in [1.54, 1.807) is 24.5 Å². The number of nitrogens with two attached hydrogens (primary N) is 1. The van der Waals surface area contributed by atoms with Crippen LogP contribution in [0.5, 0.6) is 0 Å². The molecule has 1 aromatic carbocycles. The number of primary amides is 1. The van der Waals surface area contributed by atoms with Gasteiger partial charge in [0.15, 0.2) is 5.13 Å². The zero-order valence-electron chi connectivity index (χ0n) is 15.7. The molecular weight excluding hydrogens is 391 g/mol. The highest BCUT2D eigenvalue weighted by Gasteiger charge is 2.19. The highest BCUT2D eigenvalue weighted by atomic mass is 32.1. The molecule has 29 heavy (non-hydrogen) atoms. The second-order valence-electron chi connectivity index (χ2n) is 6.58. The summed E-state index contributed by atoms with van der Waals surface area (Å²) in [6, 6.07) is 11.8. The molecule has 0 aliphatic carbocycles. The normalized spacial score (nSPS) is 11.0. The minimum Gasteiger partial charge on any atom is -0.467 e. The molecule has 0 fully saturated rings. The fraction of sp³-hybridized carbons (Fsp3) is 0.143. The second kappa shape index (κ2) is 7.92. The first-order chi connectivity index (χ1) is 14.0. The predicted octanol–water partition coefficient (Wildman–Crippen LogP) is 4.41. The molecule has 0 atom stereocenters. The Hall–Kier alpha value is -3.39. The Morgan fingerprint density at radius 3 is 2.79 bits per heavy atom. The first kappa shape index (κ1) is 18.9. The molecule has 3 aromatic heterocycles. The molecular formula is C21H19FN4O2S. The number of carbonyl (C=O) groups excluding carboxylic acids is 1. The Balaban J connectivity index is 1.64. The number of nitrogens with one attached hydrogen (secondary N) is 1. The number of halogens is 1. The van der Waals surface area contributed by atoms with Crippen LogP contribution < -0.4 is 11.1 Å². The van der Waals surface area contributed by atoms with Gasteiger partial charge in [0.1, 0.15) is 11.6 Å². The standard InChI is InChI=1S/C21H19FN4O2S/c1-13-17(20(23)27)9-19(26(13)11-14-4-6-15(22)7-5-14)18-12-29-21(25-18)24-10-16-3-2-8-28-16/h2-9,12H,10-11H2,1H3,(H2,23,27)(H,24,25). The van der Waals surface area contributed by atoms with E-state index in [1.165, 1.54) is 23.5 Å². The minimum absolute atomic E-state index is 0.289. The number of hydrogen-bond donors (Lipinski definition) is 2. The fourth-order valence-corrected chi connectivity index (χ4v) is 3.83. The lowest BCUT2D eigenvalue weighted by Crippen LogP contribution is -2.12. The summed E-state index contributed by atoms with van der Waals surface area (Å²) in [4.78, 5) is 16.5. The van der Waals surface area contributed by atoms with Crippen LogP contribution in [0.15, 0.2) is 58.5 Å². The van der Waals surface area contributed by atoms with E-state index in [0.29, 0.717) is 18.7 Å². The number of thiazole rings is 1. The zero-order valence-corrected chi connectivity index (χ0v) is 16.5. The van der Waals surface area contributed by atoms with E-state index in [1.807, 2.05) is 29.0 Å². The highest BCUT2D eigenvalue weighted by Crippen LogP contribution is 2.30. The van der Waals surface area contributed by atoms with Gasteiger partial charge in [0.05, 0.1) is 29.8 Å². The van der Waals surface area contributed by atoms with Crippen LogP contribution in [0.2, 0.25) is 0 Å². The maximum Gasteiger partial charge on any atom is 0.250 e. The Morgan fingerprint density at radius 1 is 1.31 bits per heavy atom. The smallest absolute Gasteiger partial charge is 0.250 e. The SMILES string of the molecule is Cc1c(C(N)=O)cc(-c2csc(NCc3ccco3)n2)n1Cc1ccc(F)cc1. The molecule has 1 amide bonds. The molecule has 3 heterocycles. The molecule has 0 bridgehead atoms. The van der Waals surface area contributed by atoms with Crippen LogP contribution in [-0.4, -0.2) is 15.5 Å². The molecule has 0 unspecified atom stereocenters. The van der Waals surface area contributed by atoms with Gasteiger partial charge in [-0.15, -0.1) is 11.3 Å². The van der Waals surface area contributed by atoms with E-state index in [0.717, 1.165) is 33.5 Å². The number of nitrogens with zero attached hydrogens (tertiary/aromatic N) is 2. The topological polar surface area (TPSA) is 86.1 Å². The molecule has 148 valence electrons. The van der Waals surface area contributed by atoms with Crippen molar-refractivity contribution >= 4 is 22.4 Å². The van der Waals surface area contributed by atoms with Crippen LogP contribution >= 0.6 is 11.3 Å². The summed E-state index contributed by atoms with van der Waals surface area (Å²) < 4.78 is 20.5. The molecule has 0 radical (unpaired) electrons. The van der Waals surface area contributed by atoms with Crippen LogP contribution in [0, 0.1) is 12.7 Å². The zero-order chi connectivity index (χ0) is 20.4. The average molecular weight is 410 g/mol. The lowest BCUT2D eigenvalue weighted by Gasteiger charge is -2.11. The van der Waals surface area contributed by atoms with E-state index in [2.05, 4.69) is 10.3 Å². The number of hydrogen-bond acceptors (Lipinski definition) is 5. The van der Waals surface area contributed by atoms with E-state index >= 15 is 0 Å². The van der Waals surface area contributed by atoms with Gasteiger partial charge in [-0.05, 0) is 42.8 Å². The van der Waals surface area contributed by atoms with Crippen molar-refractivity contribution in [1.29, 1.82) is 0 Å². The van der Waals surface area contributed by atoms with E-state index in [4.69, 9.17) is 10.2 Å². The third kappa shape index (κ3) is 4.07. The summed E-state index contributed by atoms with van der Waals surface area (Å²) in [5.74, 6) is 0.0316. The lowest BCUT2D eigenvalue weighted by atomic mass is 10.2. The van der Waals surface area contributed by atoms with Gasteiger partial charge in [-0.2, -0.15) is 0 Å². The van der Waals surface area contributed by atoms with Crippen LogP contribution in [0.4, 0.5) is 9.52 Å². The molecule has 0 saturated carbocycles. The summed E-state index contributed by atoms with van der Waals surface area (Å²) in [5.41, 5.74) is 9.17. The van der Waals surface area contributed by atoms with Crippen LogP contribution in [0.1, 0.15) is 27.4 Å². The minimum atomic E-state index is -0.493. The van der Waals surface area contributed by atoms with Gasteiger partial charge in [-0.25, -0.2) is 9.37 Å². The lowest BCUT2D eigenvalue weighted by molar-refractivity contribution is 0.0999. The molecule has 4 aromatic rings. The maximum absolute atomic E-state index is 13.2. The highest BCUT2D eigenvalue weighted by molar-refractivity contribution is 7.14. The number of furan rings is 1. The van der Waals surface area contributed by atoms with E-state index in [-0.39, 0.29) is 5.82 Å². The van der Waals surface area contributed by atoms with Gasteiger partial charge in [0.2, 0.25) is 0 Å². The van der Waals surface area contributed by atoms with Crippen LogP contribution in [-0.2, 0) is 13.1 Å². The summed E-state index contributed by atoms with van der Waals surface area (Å²) in [5, 5.41) is 5.89. The van der Waals surface area contributed by atoms with Crippen molar-refractivity contribution in [3.63, 3.8) is 0 Å². The largest absolute Gasteiger partial charge is 0.467 e. The van der Waals surface area contributed by atoms with Gasteiger partial charge in [-0.3, -0.25) is 4.79 Å². The molecule has 0 saturated heterocycles. The molecule has 6 nitrogen and oxygen atoms in total. The number of aromatic nitrogens is 2. The molecule has 0 aliphatic rings. The summed E-state index contributed by atoms with van der Waals surface area (Å²) in [6.07, 6.45) is 1.63. The molecule has 4 rings (SSSR count). The fourth-order valence-electron chi connectivity index (χ4n) is 3.13. The Morgan fingerprint density at radius 2 is 2.10 bits per heavy atom. The van der Waals surface area contributed by atoms with Crippen molar-refractivity contribution in [3.05, 3.63) is 82.5 Å². The van der Waals surface area contributed by atoms with Crippen LogP contribution in [0.3, 0.4) is 0 Å². The van der Waals surface area contributed by atoms with Crippen molar-refractivity contribution < 1.29 is 13.6 Å². The number of benzene rings is 1. The van der Waals surface area contributed by atoms with Crippen molar-refractivity contribution in [1.82, 2.24) is 9.55 Å². The average Bonchev–Trinajstić information content (AvgIpc) is 3.43. The maximum atomic E-state index is 13.2. The first-order valence-corrected chi connectivity index (χ1v) is 9.86. The van der Waals surface area contributed by atoms with Gasteiger partial charge < -0.3 is 20.0 Å². The first-order valence-electron chi connectivity index (χ1n) is 8.98. The number of carbonyl (C=O) groups is 1. The van der Waals surface area contributed by atoms with Crippen molar-refractivity contribution in [2.24, 2.45) is 5.73 Å². The molecule has 0 spiro atoms. The van der Waals surface area contributed by atoms with E-state index < -0.39 is 5.91 Å². The summed E-state index contributed by atoms with van der Waals surface area (Å²) in [7, 11) is 0. The van der Waals surface area contributed by atoms with Gasteiger partial charge in [0, 0.05) is 17.6 Å². The van der Waals surface area contributed by atoms with Crippen molar-refractivity contribution in [3.8, 4) is 11.4 Å². The Labute approximate surface area is 170 Å². The Kier molecular flexibility index (Phi) is 5.18. The third-order valence-corrected chi connectivity index (χ3v) is 5.45. The number of anilines is 1. The van der Waals surface area contributed by atoms with Gasteiger partial charge in [-0.1, -0.05) is 12.1 Å². The van der Waals surface area contributed by atoms with E-state index in [9.17, 15) is 9.18 Å². The second-order valence-corrected chi connectivity index (χ2v) is 7.43. The predicted molar refractivity (Wildman–Crippen MR) is 110 cm³/mol. The van der Waals surface area contributed by atoms with Crippen molar-refractivity contribution in [2.45, 2.75) is 20.0 Å². The Bertz CT molecular complexity index is 1130. The number of amides is 1. The number of rotatable bonds is 7. The summed E-state index contributed by atoms with van der Waals surface area (Å²) >= 11 is 1.46. The quantitative estimate of drug-likeness (QED) is 0.472. The summed E-state index contributed by atoms with van der Waals surface area (Å²) in [6.45, 7) is 2.85. The third-order valence-electron chi connectivity index (χ3n) is 4.65. The van der Waals surface area contributed by atoms with Gasteiger partial charge >= 0.3 is 0 Å². The monoisotopic (exact) mass is 410 g/mol. The molecule has 3 N–H and O–H groups in total. The van der Waals surface area contributed by atoms with Crippen LogP contribution in [0.25, 0.3) is 11.4 Å². The molecule has 0 aliphatic heterocycles.